The molecular weight excluding hydrogens is 272 g/mol. The Kier molecular flexibility index (Phi) is 5.70. The van der Waals surface area contributed by atoms with Gasteiger partial charge in [-0.2, -0.15) is 0 Å². The van der Waals surface area contributed by atoms with Gasteiger partial charge in [0.2, 0.25) is 0 Å². The summed E-state index contributed by atoms with van der Waals surface area (Å²) >= 11 is 6.42. The lowest BCUT2D eigenvalue weighted by Crippen LogP contribution is -2.37. The van der Waals surface area contributed by atoms with Gasteiger partial charge in [0.15, 0.2) is 0 Å². The fourth-order valence-corrected chi connectivity index (χ4v) is 3.24. The molecule has 1 saturated heterocycles. The van der Waals surface area contributed by atoms with Crippen LogP contribution in [-0.2, 0) is 6.54 Å². The van der Waals surface area contributed by atoms with Gasteiger partial charge in [-0.3, -0.25) is 0 Å². The number of para-hydroxylation sites is 1. The standard InChI is InChI=1S/C16H25ClN2O/c1-3-18-11-14-5-4-6-15(17)16(14)19-9-7-13(8-10-19)12(2)20/h4-6,12-13,18,20H,3,7-11H2,1-2H3. The average Bonchev–Trinajstić information content (AvgIpc) is 2.45. The molecule has 0 aromatic heterocycles. The first-order valence-corrected chi connectivity index (χ1v) is 7.92. The number of aliphatic hydroxyl groups excluding tert-OH is 1. The molecule has 1 aliphatic rings. The van der Waals surface area contributed by atoms with Gasteiger partial charge in [0.1, 0.15) is 0 Å². The second kappa shape index (κ2) is 7.30. The van der Waals surface area contributed by atoms with Crippen molar-refractivity contribution >= 4 is 17.3 Å². The summed E-state index contributed by atoms with van der Waals surface area (Å²) in [4.78, 5) is 2.37. The first-order chi connectivity index (χ1) is 9.63. The van der Waals surface area contributed by atoms with Gasteiger partial charge in [0.05, 0.1) is 16.8 Å². The van der Waals surface area contributed by atoms with Gasteiger partial charge in [-0.05, 0) is 43.9 Å². The van der Waals surface area contributed by atoms with Crippen molar-refractivity contribution in [3.05, 3.63) is 28.8 Å². The maximum Gasteiger partial charge on any atom is 0.0642 e. The second-order valence-corrected chi connectivity index (χ2v) is 6.00. The molecule has 4 heteroatoms. The van der Waals surface area contributed by atoms with Crippen LogP contribution in [0.2, 0.25) is 5.02 Å². The number of hydrogen-bond donors (Lipinski definition) is 2. The zero-order valence-corrected chi connectivity index (χ0v) is 13.2. The predicted octanol–water partition coefficient (Wildman–Crippen LogP) is 3.05. The Morgan fingerprint density at radius 3 is 2.70 bits per heavy atom. The molecule has 2 N–H and O–H groups in total. The van der Waals surface area contributed by atoms with E-state index in [4.69, 9.17) is 11.6 Å². The van der Waals surface area contributed by atoms with Gasteiger partial charge < -0.3 is 15.3 Å². The third-order valence-corrected chi connectivity index (χ3v) is 4.48. The van der Waals surface area contributed by atoms with Crippen molar-refractivity contribution in [1.29, 1.82) is 0 Å². The summed E-state index contributed by atoms with van der Waals surface area (Å²) in [7, 11) is 0. The topological polar surface area (TPSA) is 35.5 Å². The van der Waals surface area contributed by atoms with Crippen molar-refractivity contribution in [1.82, 2.24) is 5.32 Å². The minimum Gasteiger partial charge on any atom is -0.393 e. The van der Waals surface area contributed by atoms with Crippen LogP contribution in [0, 0.1) is 5.92 Å². The van der Waals surface area contributed by atoms with Gasteiger partial charge >= 0.3 is 0 Å². The Morgan fingerprint density at radius 1 is 1.40 bits per heavy atom. The largest absolute Gasteiger partial charge is 0.393 e. The molecule has 1 unspecified atom stereocenters. The highest BCUT2D eigenvalue weighted by Gasteiger charge is 2.24. The highest BCUT2D eigenvalue weighted by molar-refractivity contribution is 6.33. The van der Waals surface area contributed by atoms with E-state index in [-0.39, 0.29) is 6.10 Å². The lowest BCUT2D eigenvalue weighted by atomic mass is 9.91. The lowest BCUT2D eigenvalue weighted by Gasteiger charge is -2.36. The third-order valence-electron chi connectivity index (χ3n) is 4.17. The normalized spacial score (nSPS) is 18.3. The molecule has 0 bridgehead atoms. The van der Waals surface area contributed by atoms with Crippen LogP contribution in [0.3, 0.4) is 0 Å². The Balaban J connectivity index is 2.12. The molecule has 1 fully saturated rings. The average molecular weight is 297 g/mol. The third kappa shape index (κ3) is 3.66. The van der Waals surface area contributed by atoms with Crippen LogP contribution in [0.15, 0.2) is 18.2 Å². The minimum absolute atomic E-state index is 0.204. The molecule has 0 saturated carbocycles. The molecule has 0 radical (unpaired) electrons. The Hall–Kier alpha value is -0.770. The predicted molar refractivity (Wildman–Crippen MR) is 85.5 cm³/mol. The summed E-state index contributed by atoms with van der Waals surface area (Å²) in [6.45, 7) is 7.75. The maximum atomic E-state index is 9.70. The summed E-state index contributed by atoms with van der Waals surface area (Å²) in [5.74, 6) is 0.422. The second-order valence-electron chi connectivity index (χ2n) is 5.59. The van der Waals surface area contributed by atoms with Crippen LogP contribution in [0.25, 0.3) is 0 Å². The van der Waals surface area contributed by atoms with E-state index in [0.29, 0.717) is 5.92 Å². The SMILES string of the molecule is CCNCc1cccc(Cl)c1N1CCC(C(C)O)CC1. The summed E-state index contributed by atoms with van der Waals surface area (Å²) in [5.41, 5.74) is 2.43. The smallest absolute Gasteiger partial charge is 0.0642 e. The Labute approximate surface area is 126 Å². The van der Waals surface area contributed by atoms with E-state index >= 15 is 0 Å². The first-order valence-electron chi connectivity index (χ1n) is 7.54. The number of nitrogens with zero attached hydrogens (tertiary/aromatic N) is 1. The fraction of sp³-hybridized carbons (Fsp3) is 0.625. The van der Waals surface area contributed by atoms with Crippen molar-refractivity contribution in [2.75, 3.05) is 24.5 Å². The first kappa shape index (κ1) is 15.6. The van der Waals surface area contributed by atoms with Crippen molar-refractivity contribution in [2.24, 2.45) is 5.92 Å². The highest BCUT2D eigenvalue weighted by atomic mass is 35.5. The molecule has 0 aliphatic carbocycles. The van der Waals surface area contributed by atoms with Gasteiger partial charge in [-0.25, -0.2) is 0 Å². The molecule has 0 amide bonds. The number of halogens is 1. The van der Waals surface area contributed by atoms with E-state index < -0.39 is 0 Å². The summed E-state index contributed by atoms with van der Waals surface area (Å²) < 4.78 is 0. The summed E-state index contributed by atoms with van der Waals surface area (Å²) in [5, 5.41) is 13.9. The van der Waals surface area contributed by atoms with E-state index in [9.17, 15) is 5.11 Å². The lowest BCUT2D eigenvalue weighted by molar-refractivity contribution is 0.110. The molecule has 3 nitrogen and oxygen atoms in total. The molecule has 1 heterocycles. The molecule has 20 heavy (non-hydrogen) atoms. The van der Waals surface area contributed by atoms with Crippen molar-refractivity contribution < 1.29 is 5.11 Å². The molecule has 0 spiro atoms. The maximum absolute atomic E-state index is 9.70. The van der Waals surface area contributed by atoms with Gasteiger partial charge in [0, 0.05) is 19.6 Å². The van der Waals surface area contributed by atoms with Crippen LogP contribution in [0.5, 0.6) is 0 Å². The van der Waals surface area contributed by atoms with E-state index in [0.717, 1.165) is 44.0 Å². The summed E-state index contributed by atoms with van der Waals surface area (Å²) in [6.07, 6.45) is 1.86. The Bertz CT molecular complexity index is 428. The van der Waals surface area contributed by atoms with Gasteiger partial charge in [0.25, 0.3) is 0 Å². The van der Waals surface area contributed by atoms with E-state index in [1.165, 1.54) is 11.3 Å². The van der Waals surface area contributed by atoms with Gasteiger partial charge in [-0.1, -0.05) is 30.7 Å². The Morgan fingerprint density at radius 2 is 2.10 bits per heavy atom. The quantitative estimate of drug-likeness (QED) is 0.877. The number of piperidine rings is 1. The van der Waals surface area contributed by atoms with E-state index in [1.807, 2.05) is 19.1 Å². The number of nitrogens with one attached hydrogen (secondary N) is 1. The highest BCUT2D eigenvalue weighted by Crippen LogP contribution is 2.33. The molecule has 112 valence electrons. The zero-order valence-electron chi connectivity index (χ0n) is 12.4. The molecule has 1 atom stereocenters. The van der Waals surface area contributed by atoms with Crippen molar-refractivity contribution in [3.8, 4) is 0 Å². The van der Waals surface area contributed by atoms with Crippen LogP contribution >= 0.6 is 11.6 Å². The van der Waals surface area contributed by atoms with Gasteiger partial charge in [-0.15, -0.1) is 0 Å². The number of aliphatic hydroxyl groups is 1. The fourth-order valence-electron chi connectivity index (χ4n) is 2.92. The minimum atomic E-state index is -0.204. The zero-order chi connectivity index (χ0) is 14.5. The molecule has 1 aromatic carbocycles. The number of benzene rings is 1. The van der Waals surface area contributed by atoms with E-state index in [1.54, 1.807) is 0 Å². The number of rotatable bonds is 5. The molecular formula is C16H25ClN2O. The van der Waals surface area contributed by atoms with Crippen LogP contribution in [0.1, 0.15) is 32.3 Å². The number of anilines is 1. The molecule has 2 rings (SSSR count). The van der Waals surface area contributed by atoms with Crippen LogP contribution in [0.4, 0.5) is 5.69 Å². The van der Waals surface area contributed by atoms with E-state index in [2.05, 4.69) is 23.2 Å². The van der Waals surface area contributed by atoms with Crippen molar-refractivity contribution in [2.45, 2.75) is 39.3 Å². The number of hydrogen-bond acceptors (Lipinski definition) is 3. The molecule has 1 aliphatic heterocycles. The monoisotopic (exact) mass is 296 g/mol. The molecule has 1 aromatic rings. The van der Waals surface area contributed by atoms with Crippen LogP contribution in [-0.4, -0.2) is 30.8 Å². The summed E-state index contributed by atoms with van der Waals surface area (Å²) in [6, 6.07) is 6.12. The van der Waals surface area contributed by atoms with Crippen LogP contribution < -0.4 is 10.2 Å². The van der Waals surface area contributed by atoms with Crippen molar-refractivity contribution in [3.63, 3.8) is 0 Å².